The van der Waals surface area contributed by atoms with Gasteiger partial charge in [0.05, 0.1) is 11.6 Å². The molecule has 1 aliphatic heterocycles. The van der Waals surface area contributed by atoms with Crippen molar-refractivity contribution in [1.29, 1.82) is 0 Å². The van der Waals surface area contributed by atoms with E-state index in [2.05, 4.69) is 119 Å². The van der Waals surface area contributed by atoms with Gasteiger partial charge in [-0.3, -0.25) is 9.69 Å². The Morgan fingerprint density at radius 1 is 0.848 bits per heavy atom. The average Bonchev–Trinajstić information content (AvgIpc) is 3.05. The molecular formula is C39H41N5O2. The van der Waals surface area contributed by atoms with E-state index in [-0.39, 0.29) is 23.5 Å². The van der Waals surface area contributed by atoms with E-state index in [1.54, 1.807) is 24.5 Å². The molecule has 0 unspecified atom stereocenters. The van der Waals surface area contributed by atoms with E-state index < -0.39 is 0 Å². The minimum absolute atomic E-state index is 0.0534. The van der Waals surface area contributed by atoms with Crippen LogP contribution in [0.15, 0.2) is 122 Å². The molecule has 0 spiro atoms. The van der Waals surface area contributed by atoms with Gasteiger partial charge in [-0.2, -0.15) is 0 Å². The maximum absolute atomic E-state index is 13.1. The van der Waals surface area contributed by atoms with Crippen molar-refractivity contribution in [2.45, 2.75) is 44.8 Å². The van der Waals surface area contributed by atoms with Crippen molar-refractivity contribution in [3.05, 3.63) is 149 Å². The zero-order valence-corrected chi connectivity index (χ0v) is 26.7. The van der Waals surface area contributed by atoms with E-state index in [4.69, 9.17) is 4.74 Å². The van der Waals surface area contributed by atoms with Crippen LogP contribution in [0.1, 0.15) is 59.4 Å². The number of carbonyl (C=O) groups is 1. The molecule has 0 aliphatic carbocycles. The third-order valence-electron chi connectivity index (χ3n) is 8.33. The topological polar surface area (TPSA) is 79.4 Å². The van der Waals surface area contributed by atoms with Crippen LogP contribution in [0.3, 0.4) is 0 Å². The summed E-state index contributed by atoms with van der Waals surface area (Å²) in [6.07, 6.45) is 4.29. The first-order valence-electron chi connectivity index (χ1n) is 15.9. The van der Waals surface area contributed by atoms with Gasteiger partial charge in [-0.05, 0) is 64.4 Å². The SMILES string of the molecule is CC(C)(C)c1ccc(NC(=O)c2cccnc2NCCc2ccnc(OC3CN(C(c4ccccc4)c4ccccc4)C3)c2)cc1. The van der Waals surface area contributed by atoms with Crippen LogP contribution in [0.4, 0.5) is 11.5 Å². The monoisotopic (exact) mass is 611 g/mol. The number of amides is 1. The highest BCUT2D eigenvalue weighted by atomic mass is 16.5. The van der Waals surface area contributed by atoms with Crippen LogP contribution in [0, 0.1) is 0 Å². The summed E-state index contributed by atoms with van der Waals surface area (Å²) >= 11 is 0. The molecule has 3 heterocycles. The first kappa shape index (κ1) is 31.0. The number of anilines is 2. The summed E-state index contributed by atoms with van der Waals surface area (Å²) in [5.74, 6) is 0.987. The summed E-state index contributed by atoms with van der Waals surface area (Å²) in [6.45, 7) is 8.77. The maximum Gasteiger partial charge on any atom is 0.259 e. The van der Waals surface area contributed by atoms with Gasteiger partial charge in [0, 0.05) is 43.8 Å². The van der Waals surface area contributed by atoms with Gasteiger partial charge >= 0.3 is 0 Å². The van der Waals surface area contributed by atoms with Crippen molar-refractivity contribution in [3.8, 4) is 5.88 Å². The van der Waals surface area contributed by atoms with Crippen molar-refractivity contribution < 1.29 is 9.53 Å². The van der Waals surface area contributed by atoms with Crippen LogP contribution in [0.2, 0.25) is 0 Å². The van der Waals surface area contributed by atoms with Crippen LogP contribution >= 0.6 is 0 Å². The van der Waals surface area contributed by atoms with Crippen molar-refractivity contribution in [2.75, 3.05) is 30.3 Å². The number of hydrogen-bond acceptors (Lipinski definition) is 6. The van der Waals surface area contributed by atoms with Gasteiger partial charge in [-0.15, -0.1) is 0 Å². The first-order valence-corrected chi connectivity index (χ1v) is 15.9. The quantitative estimate of drug-likeness (QED) is 0.161. The zero-order valence-electron chi connectivity index (χ0n) is 26.7. The number of carbonyl (C=O) groups excluding carboxylic acids is 1. The molecule has 1 saturated heterocycles. The highest BCUT2D eigenvalue weighted by molar-refractivity contribution is 6.07. The molecule has 7 heteroatoms. The highest BCUT2D eigenvalue weighted by Crippen LogP contribution is 2.33. The number of nitrogens with one attached hydrogen (secondary N) is 2. The average molecular weight is 612 g/mol. The predicted molar refractivity (Wildman–Crippen MR) is 184 cm³/mol. The Bertz CT molecular complexity index is 1690. The molecule has 1 amide bonds. The largest absolute Gasteiger partial charge is 0.472 e. The Labute approximate surface area is 271 Å². The summed E-state index contributed by atoms with van der Waals surface area (Å²) in [5, 5.41) is 6.35. The second-order valence-electron chi connectivity index (χ2n) is 12.8. The number of nitrogens with zero attached hydrogens (tertiary/aromatic N) is 3. The minimum Gasteiger partial charge on any atom is -0.472 e. The van der Waals surface area contributed by atoms with E-state index >= 15 is 0 Å². The second kappa shape index (κ2) is 14.0. The van der Waals surface area contributed by atoms with Crippen molar-refractivity contribution >= 4 is 17.4 Å². The Kier molecular flexibility index (Phi) is 9.41. The van der Waals surface area contributed by atoms with E-state index in [0.29, 0.717) is 23.8 Å². The molecule has 0 saturated carbocycles. The van der Waals surface area contributed by atoms with Crippen molar-refractivity contribution in [1.82, 2.24) is 14.9 Å². The van der Waals surface area contributed by atoms with Crippen molar-refractivity contribution in [3.63, 3.8) is 0 Å². The van der Waals surface area contributed by atoms with Gasteiger partial charge in [0.1, 0.15) is 11.9 Å². The smallest absolute Gasteiger partial charge is 0.259 e. The van der Waals surface area contributed by atoms with Gasteiger partial charge in [0.15, 0.2) is 0 Å². The predicted octanol–water partition coefficient (Wildman–Crippen LogP) is 7.53. The molecule has 0 atom stereocenters. The molecular weight excluding hydrogens is 570 g/mol. The summed E-state index contributed by atoms with van der Waals surface area (Å²) in [4.78, 5) is 24.5. The number of hydrogen-bond donors (Lipinski definition) is 2. The van der Waals surface area contributed by atoms with Crippen LogP contribution < -0.4 is 15.4 Å². The number of benzene rings is 3. The number of ether oxygens (including phenoxy) is 1. The maximum atomic E-state index is 13.1. The van der Waals surface area contributed by atoms with Crippen LogP contribution in [-0.4, -0.2) is 46.5 Å². The summed E-state index contributed by atoms with van der Waals surface area (Å²) in [5.41, 5.74) is 6.18. The molecule has 7 nitrogen and oxygen atoms in total. The highest BCUT2D eigenvalue weighted by Gasteiger charge is 2.35. The summed E-state index contributed by atoms with van der Waals surface area (Å²) < 4.78 is 6.30. The number of rotatable bonds is 11. The fourth-order valence-corrected chi connectivity index (χ4v) is 5.79. The molecule has 2 aromatic heterocycles. The lowest BCUT2D eigenvalue weighted by molar-refractivity contribution is -0.00219. The lowest BCUT2D eigenvalue weighted by Gasteiger charge is -2.44. The normalized spacial score (nSPS) is 13.7. The van der Waals surface area contributed by atoms with Crippen LogP contribution in [0.25, 0.3) is 0 Å². The molecule has 1 aliphatic rings. The van der Waals surface area contributed by atoms with Gasteiger partial charge in [-0.25, -0.2) is 9.97 Å². The standard InChI is InChI=1S/C39H41N5O2/c1-39(2,3)31-16-18-32(19-17-31)43-38(45)34-15-10-22-41-37(34)42-24-21-28-20-23-40-35(25-28)46-33-26-44(27-33)36(29-11-6-4-7-12-29)30-13-8-5-9-14-30/h4-20,22-23,25,33,36H,21,24,26-27H2,1-3H3,(H,41,42)(H,43,45). The zero-order chi connectivity index (χ0) is 31.9. The van der Waals surface area contributed by atoms with Crippen LogP contribution in [-0.2, 0) is 11.8 Å². The Morgan fingerprint density at radius 3 is 2.17 bits per heavy atom. The van der Waals surface area contributed by atoms with E-state index in [1.807, 2.05) is 24.3 Å². The molecule has 0 radical (unpaired) electrons. The molecule has 46 heavy (non-hydrogen) atoms. The second-order valence-corrected chi connectivity index (χ2v) is 12.8. The third kappa shape index (κ3) is 7.61. The first-order chi connectivity index (χ1) is 22.3. The van der Waals surface area contributed by atoms with Gasteiger partial charge in [0.25, 0.3) is 5.91 Å². The van der Waals surface area contributed by atoms with Crippen LogP contribution in [0.5, 0.6) is 5.88 Å². The fraction of sp³-hybridized carbons (Fsp3) is 0.256. The molecule has 5 aromatic rings. The van der Waals surface area contributed by atoms with Gasteiger partial charge in [0.2, 0.25) is 5.88 Å². The number of aromatic nitrogens is 2. The van der Waals surface area contributed by atoms with E-state index in [1.165, 1.54) is 16.7 Å². The third-order valence-corrected chi connectivity index (χ3v) is 8.33. The summed E-state index contributed by atoms with van der Waals surface area (Å²) in [7, 11) is 0. The Morgan fingerprint density at radius 2 is 1.52 bits per heavy atom. The van der Waals surface area contributed by atoms with Gasteiger partial charge < -0.3 is 15.4 Å². The Hall–Kier alpha value is -5.01. The van der Waals surface area contributed by atoms with Crippen molar-refractivity contribution in [2.24, 2.45) is 0 Å². The van der Waals surface area contributed by atoms with E-state index in [9.17, 15) is 4.79 Å². The molecule has 234 valence electrons. The number of pyridine rings is 2. The molecule has 3 aromatic carbocycles. The summed E-state index contributed by atoms with van der Waals surface area (Å²) in [6, 6.07) is 37.0. The minimum atomic E-state index is -0.199. The molecule has 1 fully saturated rings. The Balaban J connectivity index is 1.02. The lowest BCUT2D eigenvalue weighted by Crippen LogP contribution is -2.55. The molecule has 6 rings (SSSR count). The van der Waals surface area contributed by atoms with E-state index in [0.717, 1.165) is 30.8 Å². The lowest BCUT2D eigenvalue weighted by atomic mass is 9.87. The molecule has 0 bridgehead atoms. The molecule has 2 N–H and O–H groups in total. The number of likely N-dealkylation sites (tertiary alicyclic amines) is 1. The van der Waals surface area contributed by atoms with Gasteiger partial charge in [-0.1, -0.05) is 93.6 Å². The fourth-order valence-electron chi connectivity index (χ4n) is 5.79.